The van der Waals surface area contributed by atoms with Crippen LogP contribution in [-0.4, -0.2) is 30.9 Å². The third-order valence-electron chi connectivity index (χ3n) is 4.10. The van der Waals surface area contributed by atoms with Gasteiger partial charge in [-0.2, -0.15) is 0 Å². The van der Waals surface area contributed by atoms with Crippen molar-refractivity contribution in [1.82, 2.24) is 4.90 Å². The maximum atomic E-state index is 12.8. The Morgan fingerprint density at radius 3 is 2.22 bits per heavy atom. The summed E-state index contributed by atoms with van der Waals surface area (Å²) >= 11 is 0. The summed E-state index contributed by atoms with van der Waals surface area (Å²) in [7, 11) is 2.95. The highest BCUT2D eigenvalue weighted by Gasteiger charge is 2.42. The van der Waals surface area contributed by atoms with Crippen molar-refractivity contribution in [2.75, 3.05) is 14.2 Å². The molecule has 1 aliphatic rings. The summed E-state index contributed by atoms with van der Waals surface area (Å²) in [6.45, 7) is 1.83. The zero-order valence-corrected chi connectivity index (χ0v) is 13.2. The molecule has 0 radical (unpaired) electrons. The van der Waals surface area contributed by atoms with E-state index in [9.17, 15) is 9.59 Å². The minimum Gasteiger partial charge on any atom is -0.493 e. The second kappa shape index (κ2) is 5.76. The molecule has 0 aliphatic carbocycles. The predicted octanol–water partition coefficient (Wildman–Crippen LogP) is 3.06. The van der Waals surface area contributed by atoms with E-state index in [1.807, 2.05) is 37.3 Å². The molecule has 118 valence electrons. The molecule has 23 heavy (non-hydrogen) atoms. The zero-order valence-electron chi connectivity index (χ0n) is 13.2. The van der Waals surface area contributed by atoms with Crippen LogP contribution in [0.5, 0.6) is 11.5 Å². The van der Waals surface area contributed by atoms with Crippen molar-refractivity contribution in [3.63, 3.8) is 0 Å². The predicted molar refractivity (Wildman–Crippen MR) is 84.9 cm³/mol. The lowest BCUT2D eigenvalue weighted by atomic mass is 10.1. The number of carbonyl (C=O) groups is 2. The first-order chi connectivity index (χ1) is 11.1. The Kier molecular flexibility index (Phi) is 3.78. The van der Waals surface area contributed by atoms with Crippen molar-refractivity contribution in [3.8, 4) is 11.5 Å². The first kappa shape index (κ1) is 15.1. The van der Waals surface area contributed by atoms with E-state index in [1.54, 1.807) is 12.1 Å². The van der Waals surface area contributed by atoms with Crippen LogP contribution in [0.15, 0.2) is 42.5 Å². The number of nitrogens with zero attached hydrogens (tertiary/aromatic N) is 1. The number of hydrogen-bond donors (Lipinski definition) is 0. The standard InChI is InChI=1S/C18H17NO4/c1-11(12-7-5-4-6-8-12)19-17(20)13-9-10-14(22-2)16(23-3)15(13)18(19)21/h4-11H,1-3H3. The van der Waals surface area contributed by atoms with E-state index in [0.29, 0.717) is 17.1 Å². The highest BCUT2D eigenvalue weighted by atomic mass is 16.5. The molecule has 0 N–H and O–H groups in total. The summed E-state index contributed by atoms with van der Waals surface area (Å²) in [5.74, 6) is 0.0483. The molecule has 1 unspecified atom stereocenters. The molecule has 2 aromatic rings. The highest BCUT2D eigenvalue weighted by molar-refractivity contribution is 6.23. The normalized spacial score (nSPS) is 14.7. The molecular weight excluding hydrogens is 294 g/mol. The van der Waals surface area contributed by atoms with E-state index in [4.69, 9.17) is 9.47 Å². The van der Waals surface area contributed by atoms with Crippen molar-refractivity contribution in [2.45, 2.75) is 13.0 Å². The molecule has 5 heteroatoms. The molecular formula is C18H17NO4. The smallest absolute Gasteiger partial charge is 0.266 e. The van der Waals surface area contributed by atoms with Crippen LogP contribution >= 0.6 is 0 Å². The molecule has 0 fully saturated rings. The molecule has 5 nitrogen and oxygen atoms in total. The molecule has 0 aromatic heterocycles. The van der Waals surface area contributed by atoms with Crippen LogP contribution in [0.25, 0.3) is 0 Å². The minimum atomic E-state index is -0.364. The summed E-state index contributed by atoms with van der Waals surface area (Å²) in [6.07, 6.45) is 0. The van der Waals surface area contributed by atoms with Gasteiger partial charge >= 0.3 is 0 Å². The number of amides is 2. The lowest BCUT2D eigenvalue weighted by Gasteiger charge is -2.22. The maximum absolute atomic E-state index is 12.8. The molecule has 1 aliphatic heterocycles. The number of benzene rings is 2. The van der Waals surface area contributed by atoms with Crippen LogP contribution in [0.2, 0.25) is 0 Å². The maximum Gasteiger partial charge on any atom is 0.266 e. The minimum absolute atomic E-state index is 0.264. The third kappa shape index (κ3) is 2.25. The number of rotatable bonds is 4. The van der Waals surface area contributed by atoms with Gasteiger partial charge in [0.2, 0.25) is 0 Å². The van der Waals surface area contributed by atoms with Gasteiger partial charge in [-0.1, -0.05) is 30.3 Å². The average Bonchev–Trinajstić information content (AvgIpc) is 2.85. The SMILES string of the molecule is COc1ccc2c(c1OC)C(=O)N(C(C)c1ccccc1)C2=O. The van der Waals surface area contributed by atoms with Gasteiger partial charge in [-0.15, -0.1) is 0 Å². The number of methoxy groups -OCH3 is 2. The molecule has 0 bridgehead atoms. The zero-order chi connectivity index (χ0) is 16.6. The van der Waals surface area contributed by atoms with E-state index in [2.05, 4.69) is 0 Å². The monoisotopic (exact) mass is 311 g/mol. The van der Waals surface area contributed by atoms with Gasteiger partial charge in [-0.05, 0) is 24.6 Å². The lowest BCUT2D eigenvalue weighted by Crippen LogP contribution is -2.32. The molecule has 2 aromatic carbocycles. The Morgan fingerprint density at radius 2 is 1.61 bits per heavy atom. The van der Waals surface area contributed by atoms with Crippen LogP contribution in [0.3, 0.4) is 0 Å². The number of imide groups is 1. The second-order valence-corrected chi connectivity index (χ2v) is 5.29. The Labute approximate surface area is 134 Å². The van der Waals surface area contributed by atoms with Gasteiger partial charge in [0.15, 0.2) is 11.5 Å². The van der Waals surface area contributed by atoms with Gasteiger partial charge < -0.3 is 9.47 Å². The van der Waals surface area contributed by atoms with Crippen LogP contribution in [0, 0.1) is 0 Å². The number of carbonyl (C=O) groups excluding carboxylic acids is 2. The number of ether oxygens (including phenoxy) is 2. The summed E-state index contributed by atoms with van der Waals surface area (Å²) in [5, 5.41) is 0. The molecule has 0 spiro atoms. The van der Waals surface area contributed by atoms with E-state index in [-0.39, 0.29) is 23.4 Å². The average molecular weight is 311 g/mol. The van der Waals surface area contributed by atoms with Crippen molar-refractivity contribution in [3.05, 3.63) is 59.2 Å². The molecule has 2 amide bonds. The van der Waals surface area contributed by atoms with Crippen LogP contribution in [-0.2, 0) is 0 Å². The number of fused-ring (bicyclic) bond motifs is 1. The fourth-order valence-electron chi connectivity index (χ4n) is 2.89. The van der Waals surface area contributed by atoms with Gasteiger partial charge in [-0.25, -0.2) is 0 Å². The largest absolute Gasteiger partial charge is 0.493 e. The molecule has 0 saturated heterocycles. The van der Waals surface area contributed by atoms with Gasteiger partial charge in [-0.3, -0.25) is 14.5 Å². The van der Waals surface area contributed by atoms with Crippen molar-refractivity contribution in [2.24, 2.45) is 0 Å². The van der Waals surface area contributed by atoms with Crippen LogP contribution in [0.4, 0.5) is 0 Å². The van der Waals surface area contributed by atoms with E-state index >= 15 is 0 Å². The Balaban J connectivity index is 2.08. The van der Waals surface area contributed by atoms with E-state index < -0.39 is 0 Å². The van der Waals surface area contributed by atoms with E-state index in [1.165, 1.54) is 19.1 Å². The molecule has 0 saturated carbocycles. The fraction of sp³-hybridized carbons (Fsp3) is 0.222. The van der Waals surface area contributed by atoms with Gasteiger partial charge in [0.1, 0.15) is 0 Å². The summed E-state index contributed by atoms with van der Waals surface area (Å²) in [5.41, 5.74) is 1.50. The molecule has 1 heterocycles. The van der Waals surface area contributed by atoms with Crippen molar-refractivity contribution < 1.29 is 19.1 Å². The fourth-order valence-corrected chi connectivity index (χ4v) is 2.89. The molecule has 3 rings (SSSR count). The van der Waals surface area contributed by atoms with E-state index in [0.717, 1.165) is 5.56 Å². The highest BCUT2D eigenvalue weighted by Crippen LogP contribution is 2.40. The summed E-state index contributed by atoms with van der Waals surface area (Å²) in [6, 6.07) is 12.3. The van der Waals surface area contributed by atoms with Gasteiger partial charge in [0, 0.05) is 0 Å². The van der Waals surface area contributed by atoms with Crippen LogP contribution in [0.1, 0.15) is 39.2 Å². The van der Waals surface area contributed by atoms with Crippen LogP contribution < -0.4 is 9.47 Å². The van der Waals surface area contributed by atoms with Crippen molar-refractivity contribution in [1.29, 1.82) is 0 Å². The topological polar surface area (TPSA) is 55.8 Å². The molecule has 1 atom stereocenters. The number of hydrogen-bond acceptors (Lipinski definition) is 4. The quantitative estimate of drug-likeness (QED) is 0.814. The summed E-state index contributed by atoms with van der Waals surface area (Å²) in [4.78, 5) is 26.8. The van der Waals surface area contributed by atoms with Gasteiger partial charge in [0.25, 0.3) is 11.8 Å². The summed E-state index contributed by atoms with van der Waals surface area (Å²) < 4.78 is 10.5. The first-order valence-corrected chi connectivity index (χ1v) is 7.28. The Bertz CT molecular complexity index is 770. The Morgan fingerprint density at radius 1 is 0.913 bits per heavy atom. The first-order valence-electron chi connectivity index (χ1n) is 7.28. The lowest BCUT2D eigenvalue weighted by molar-refractivity contribution is 0.0594. The Hall–Kier alpha value is -2.82. The van der Waals surface area contributed by atoms with Crippen molar-refractivity contribution >= 4 is 11.8 Å². The third-order valence-corrected chi connectivity index (χ3v) is 4.10. The second-order valence-electron chi connectivity index (χ2n) is 5.29. The van der Waals surface area contributed by atoms with Gasteiger partial charge in [0.05, 0.1) is 31.4 Å².